The first kappa shape index (κ1) is 49.3. The van der Waals surface area contributed by atoms with Gasteiger partial charge in [-0.25, -0.2) is 9.59 Å². The van der Waals surface area contributed by atoms with E-state index in [-0.39, 0.29) is 23.0 Å². The molecule has 0 aliphatic rings. The van der Waals surface area contributed by atoms with Gasteiger partial charge in [-0.15, -0.1) is 0 Å². The summed E-state index contributed by atoms with van der Waals surface area (Å²) in [5, 5.41) is 3.42. The van der Waals surface area contributed by atoms with Gasteiger partial charge in [-0.2, -0.15) is 9.97 Å². The number of carbonyl (C=O) groups is 4. The third-order valence-electron chi connectivity index (χ3n) is 8.17. The third-order valence-corrected chi connectivity index (χ3v) is 8.89. The molecule has 0 saturated heterocycles. The van der Waals surface area contributed by atoms with E-state index in [1.165, 1.54) is 0 Å². The number of nitrogens with zero attached hydrogens (tertiary/aromatic N) is 6. The minimum Gasteiger partial charge on any atom is -0.455 e. The Morgan fingerprint density at radius 3 is 1.37 bits per heavy atom. The molecule has 0 fully saturated rings. The van der Waals surface area contributed by atoms with Crippen molar-refractivity contribution in [2.24, 2.45) is 0 Å². The fraction of sp³-hybridized carbons (Fsp3) is 0.261. The molecule has 0 aliphatic heterocycles. The molecule has 0 spiro atoms. The molecule has 17 heteroatoms. The lowest BCUT2D eigenvalue weighted by Crippen LogP contribution is -2.27. The van der Waals surface area contributed by atoms with E-state index in [4.69, 9.17) is 50.0 Å². The van der Waals surface area contributed by atoms with Crippen LogP contribution in [0, 0.1) is 0 Å². The summed E-state index contributed by atoms with van der Waals surface area (Å²) < 4.78 is 14.5. The molecule has 0 saturated carbocycles. The topological polar surface area (TPSA) is 167 Å². The highest BCUT2D eigenvalue weighted by Gasteiger charge is 2.31. The second kappa shape index (κ2) is 21.1. The highest BCUT2D eigenvalue weighted by molar-refractivity contribution is 6.67. The van der Waals surface area contributed by atoms with Crippen molar-refractivity contribution < 1.29 is 28.7 Å². The van der Waals surface area contributed by atoms with E-state index in [2.05, 4.69) is 15.3 Å². The molecule has 6 rings (SSSR count). The summed E-state index contributed by atoms with van der Waals surface area (Å²) in [5.74, 6) is -0.186. The van der Waals surface area contributed by atoms with E-state index >= 15 is 0 Å². The van der Waals surface area contributed by atoms with Crippen LogP contribution in [-0.4, -0.2) is 81.6 Å². The Kier molecular flexibility index (Phi) is 16.6. The molecule has 1 amide bonds. The zero-order chi connectivity index (χ0) is 46.8. The smallest absolute Gasteiger partial charge is 0.359 e. The Balaban J connectivity index is 0.000000235. The number of para-hydroxylation sites is 2. The predicted octanol–water partition coefficient (Wildman–Crippen LogP) is 9.99. The fourth-order valence-corrected chi connectivity index (χ4v) is 5.94. The van der Waals surface area contributed by atoms with E-state index < -0.39 is 34.3 Å². The molecule has 4 aromatic carbocycles. The maximum Gasteiger partial charge on any atom is 0.359 e. The van der Waals surface area contributed by atoms with Crippen molar-refractivity contribution in [3.05, 3.63) is 142 Å². The second-order valence-corrected chi connectivity index (χ2v) is 17.3. The minimum absolute atomic E-state index is 0.113. The van der Waals surface area contributed by atoms with Gasteiger partial charge in [-0.05, 0) is 126 Å². The third kappa shape index (κ3) is 13.8. The lowest BCUT2D eigenvalue weighted by molar-refractivity contribution is 0.00494. The quantitative estimate of drug-likeness (QED) is 0.105. The van der Waals surface area contributed by atoms with Crippen LogP contribution in [0.4, 0.5) is 23.5 Å². The number of nitrogens with one attached hydrogen (secondary N) is 1. The van der Waals surface area contributed by atoms with Crippen molar-refractivity contribution in [3.63, 3.8) is 0 Å². The number of benzene rings is 4. The Hall–Kier alpha value is -6.35. The maximum absolute atomic E-state index is 13.2. The zero-order valence-corrected chi connectivity index (χ0v) is 39.0. The number of nitrogens with two attached hydrogens (primary N) is 1. The first-order valence-electron chi connectivity index (χ1n) is 19.4. The van der Waals surface area contributed by atoms with Crippen LogP contribution in [0.5, 0.6) is 0 Å². The van der Waals surface area contributed by atoms with Crippen LogP contribution in [0.25, 0.3) is 11.4 Å². The van der Waals surface area contributed by atoms with E-state index in [0.29, 0.717) is 38.8 Å². The number of aromatic nitrogens is 4. The van der Waals surface area contributed by atoms with Crippen LogP contribution in [0.3, 0.4) is 0 Å². The molecule has 2 heterocycles. The number of rotatable bonds is 9. The lowest BCUT2D eigenvalue weighted by Gasteiger charge is -2.21. The van der Waals surface area contributed by atoms with Gasteiger partial charge < -0.3 is 30.3 Å². The Morgan fingerprint density at radius 1 is 0.587 bits per heavy atom. The number of halogens is 3. The average Bonchev–Trinajstić information content (AvgIpc) is 3.77. The molecule has 2 aromatic heterocycles. The number of hydrogen-bond acceptors (Lipinski definition) is 11. The van der Waals surface area contributed by atoms with Gasteiger partial charge >= 0.3 is 11.9 Å². The number of imidazole rings is 2. The molecule has 63 heavy (non-hydrogen) atoms. The molecule has 0 aliphatic carbocycles. The number of anilines is 4. The van der Waals surface area contributed by atoms with Crippen molar-refractivity contribution in [1.82, 2.24) is 19.1 Å². The average molecular weight is 918 g/mol. The largest absolute Gasteiger partial charge is 0.455 e. The summed E-state index contributed by atoms with van der Waals surface area (Å²) >= 11 is 16.7. The maximum atomic E-state index is 13.2. The van der Waals surface area contributed by atoms with Gasteiger partial charge in [-0.3, -0.25) is 18.7 Å². The number of amides is 1. The van der Waals surface area contributed by atoms with Gasteiger partial charge in [0.1, 0.15) is 11.2 Å². The molecule has 14 nitrogen and oxygen atoms in total. The highest BCUT2D eigenvalue weighted by Crippen LogP contribution is 2.30. The van der Waals surface area contributed by atoms with Crippen LogP contribution in [0.1, 0.15) is 83.2 Å². The molecular formula is C46H51Cl3N8O6. The van der Waals surface area contributed by atoms with E-state index in [1.54, 1.807) is 88.2 Å². The molecule has 6 aromatic rings. The molecular weight excluding hydrogens is 867 g/mol. The first-order valence-corrected chi connectivity index (χ1v) is 20.6. The second-order valence-electron chi connectivity index (χ2n) is 16.1. The predicted molar refractivity (Wildman–Crippen MR) is 252 cm³/mol. The molecule has 0 bridgehead atoms. The first-order chi connectivity index (χ1) is 29.5. The zero-order valence-electron chi connectivity index (χ0n) is 36.7. The molecule has 0 radical (unpaired) electrons. The van der Waals surface area contributed by atoms with E-state index in [0.717, 1.165) is 5.69 Å². The van der Waals surface area contributed by atoms with Gasteiger partial charge in [0.2, 0.25) is 11.9 Å². The molecule has 332 valence electrons. The Bertz CT molecular complexity index is 2510. The number of ether oxygens (including phenoxy) is 2. The summed E-state index contributed by atoms with van der Waals surface area (Å²) in [7, 11) is 7.32. The van der Waals surface area contributed by atoms with Gasteiger partial charge in [0.15, 0.2) is 23.0 Å². The Morgan fingerprint density at radius 2 is 0.968 bits per heavy atom. The molecule has 0 unspecified atom stereocenters. The Labute approximate surface area is 382 Å². The standard InChI is InChI=1S/C23H25ClN4O3.C16H22N4O2.C7H4Cl2O/c1-23(2,3)31-21(30)18-19(25-20(29)15-11-13-16(24)14-12-15)26-22(27(4)5)28(18)17-9-7-6-8-10-17;1-16(2,3)22-14(21)12-13(17)18-15(19(4)5)20(12)11-9-7-6-8-10-11;8-6-3-1-5(2-4-6)7(9)10/h6-14H,1-5H3,(H,25,29);6-10H,17H2,1-5H3;1-4H. The monoisotopic (exact) mass is 916 g/mol. The van der Waals surface area contributed by atoms with Gasteiger partial charge in [0.25, 0.3) is 11.1 Å². The summed E-state index contributed by atoms with van der Waals surface area (Å²) in [6.45, 7) is 10.8. The SMILES string of the molecule is CN(C)c1nc(N)c(C(=O)OC(C)(C)C)n1-c1ccccc1.CN(C)c1nc(NC(=O)c2ccc(Cl)cc2)c(C(=O)OC(C)(C)C)n1-c1ccccc1.O=C(Cl)c1ccc(Cl)cc1. The molecule has 0 atom stereocenters. The number of carbonyl (C=O) groups excluding carboxylic acids is 4. The van der Waals surface area contributed by atoms with Gasteiger partial charge in [0.05, 0.1) is 0 Å². The van der Waals surface area contributed by atoms with E-state index in [9.17, 15) is 19.2 Å². The van der Waals surface area contributed by atoms with Crippen molar-refractivity contribution in [1.29, 1.82) is 0 Å². The number of esters is 2. The van der Waals surface area contributed by atoms with Crippen LogP contribution in [0.2, 0.25) is 10.0 Å². The summed E-state index contributed by atoms with van der Waals surface area (Å²) in [5.41, 5.74) is 7.39. The summed E-state index contributed by atoms with van der Waals surface area (Å²) in [6.07, 6.45) is 0. The number of hydrogen-bond donors (Lipinski definition) is 2. The summed E-state index contributed by atoms with van der Waals surface area (Å²) in [6, 6.07) is 31.6. The molecule has 3 N–H and O–H groups in total. The van der Waals surface area contributed by atoms with Crippen molar-refractivity contribution >= 4 is 81.4 Å². The van der Waals surface area contributed by atoms with Crippen LogP contribution in [-0.2, 0) is 9.47 Å². The van der Waals surface area contributed by atoms with Crippen molar-refractivity contribution in [2.45, 2.75) is 52.7 Å². The van der Waals surface area contributed by atoms with Crippen LogP contribution in [0.15, 0.2) is 109 Å². The van der Waals surface area contributed by atoms with Crippen molar-refractivity contribution in [2.75, 3.05) is 49.0 Å². The normalized spacial score (nSPS) is 10.9. The fourth-order valence-electron chi connectivity index (χ4n) is 5.56. The lowest BCUT2D eigenvalue weighted by atomic mass is 10.2. The number of nitrogen functional groups attached to an aromatic ring is 1. The van der Waals surface area contributed by atoms with Gasteiger partial charge in [-0.1, -0.05) is 59.6 Å². The van der Waals surface area contributed by atoms with Gasteiger partial charge in [0, 0.05) is 60.7 Å². The summed E-state index contributed by atoms with van der Waals surface area (Å²) in [4.78, 5) is 61.5. The minimum atomic E-state index is -0.724. The van der Waals surface area contributed by atoms with Crippen LogP contribution < -0.4 is 20.9 Å². The van der Waals surface area contributed by atoms with E-state index in [1.807, 2.05) is 110 Å². The van der Waals surface area contributed by atoms with Crippen LogP contribution >= 0.6 is 34.8 Å². The van der Waals surface area contributed by atoms with Crippen molar-refractivity contribution in [3.8, 4) is 11.4 Å². The highest BCUT2D eigenvalue weighted by atomic mass is 35.5.